The van der Waals surface area contributed by atoms with Crippen molar-refractivity contribution in [3.8, 4) is 0 Å². The van der Waals surface area contributed by atoms with Crippen molar-refractivity contribution in [2.45, 2.75) is 103 Å². The molecule has 1 nitrogen and oxygen atoms in total. The van der Waals surface area contributed by atoms with Crippen molar-refractivity contribution in [2.24, 2.45) is 0 Å². The Morgan fingerprint density at radius 2 is 1.04 bits per heavy atom. The van der Waals surface area contributed by atoms with Crippen LogP contribution in [0.2, 0.25) is 0 Å². The molecule has 1 aromatic carbocycles. The van der Waals surface area contributed by atoms with Gasteiger partial charge in [0.25, 0.3) is 0 Å². The predicted octanol–water partition coefficient (Wildman–Crippen LogP) is 7.85. The number of benzene rings is 1. The predicted molar refractivity (Wildman–Crippen MR) is 112 cm³/mol. The third-order valence-electron chi connectivity index (χ3n) is 5.10. The number of rotatable bonds is 17. The second-order valence-electron chi connectivity index (χ2n) is 7.71. The molecule has 1 rings (SSSR count). The lowest BCUT2D eigenvalue weighted by atomic mass is 10.0. The number of hydrogen-bond donors (Lipinski definition) is 0. The van der Waals surface area contributed by atoms with Gasteiger partial charge in [-0.05, 0) is 6.42 Å². The van der Waals surface area contributed by atoms with Crippen molar-refractivity contribution in [1.82, 2.24) is 0 Å². The van der Waals surface area contributed by atoms with Crippen LogP contribution in [0.15, 0.2) is 30.3 Å². The summed E-state index contributed by atoms with van der Waals surface area (Å²) in [6.07, 6.45) is 20.0. The maximum atomic E-state index is 3.26. The lowest BCUT2D eigenvalue weighted by Gasteiger charge is -2.14. The Morgan fingerprint density at radius 1 is 0.600 bits per heavy atom. The Kier molecular flexibility index (Phi) is 14.8. The van der Waals surface area contributed by atoms with Crippen molar-refractivity contribution in [2.75, 3.05) is 13.7 Å². The zero-order valence-corrected chi connectivity index (χ0v) is 17.1. The fraction of sp³-hybridized carbons (Fsp3) is 0.750. The normalized spacial score (nSPS) is 11.3. The molecule has 0 bridgehead atoms. The second-order valence-corrected chi connectivity index (χ2v) is 7.71. The Labute approximate surface area is 157 Å². The summed E-state index contributed by atoms with van der Waals surface area (Å²) in [5, 5.41) is 0. The van der Waals surface area contributed by atoms with Crippen LogP contribution in [0.5, 0.6) is 0 Å². The van der Waals surface area contributed by atoms with Gasteiger partial charge in [0.05, 0.1) is 0 Å². The van der Waals surface area contributed by atoms with Crippen molar-refractivity contribution >= 4 is 0 Å². The number of unbranched alkanes of at least 4 members (excludes halogenated alkanes) is 13. The summed E-state index contributed by atoms with van der Waals surface area (Å²) in [7, 11) is 2.16. The minimum absolute atomic E-state index is 0.999. The SMILES string of the molecule is CCCCCCCCCCCCCCCC[O+](C)Cc1ccccc1. The fourth-order valence-electron chi connectivity index (χ4n) is 3.47. The highest BCUT2D eigenvalue weighted by atomic mass is 16.7. The monoisotopic (exact) mass is 347 g/mol. The molecule has 1 heteroatoms. The minimum atomic E-state index is 0.999. The molecule has 0 radical (unpaired) electrons. The number of hydrogen-bond acceptors (Lipinski definition) is 0. The molecule has 0 atom stereocenters. The van der Waals surface area contributed by atoms with Crippen molar-refractivity contribution in [1.29, 1.82) is 0 Å². The summed E-state index contributed by atoms with van der Waals surface area (Å²) in [6.45, 7) is 4.44. The second kappa shape index (κ2) is 16.6. The van der Waals surface area contributed by atoms with Crippen LogP contribution < -0.4 is 0 Å². The van der Waals surface area contributed by atoms with Crippen molar-refractivity contribution in [3.05, 3.63) is 35.9 Å². The molecule has 0 amide bonds. The van der Waals surface area contributed by atoms with Gasteiger partial charge in [-0.2, -0.15) is 0 Å². The first-order valence-corrected chi connectivity index (χ1v) is 11.0. The largest absolute Gasteiger partial charge is 0.421 e. The lowest BCUT2D eigenvalue weighted by Crippen LogP contribution is -2.10. The molecule has 0 aliphatic rings. The molecule has 0 saturated carbocycles. The molecule has 0 N–H and O–H groups in total. The summed E-state index contributed by atoms with van der Waals surface area (Å²) >= 11 is 0. The zero-order chi connectivity index (χ0) is 18.0. The molecule has 0 spiro atoms. The van der Waals surface area contributed by atoms with E-state index in [1.807, 2.05) is 0 Å². The highest BCUT2D eigenvalue weighted by molar-refractivity contribution is 5.13. The molecule has 0 aromatic heterocycles. The van der Waals surface area contributed by atoms with E-state index in [-0.39, 0.29) is 0 Å². The van der Waals surface area contributed by atoms with Gasteiger partial charge >= 0.3 is 0 Å². The van der Waals surface area contributed by atoms with Gasteiger partial charge in [-0.15, -0.1) is 0 Å². The van der Waals surface area contributed by atoms with Gasteiger partial charge in [-0.3, -0.25) is 0 Å². The summed E-state index contributed by atoms with van der Waals surface area (Å²) in [5.41, 5.74) is 1.39. The van der Waals surface area contributed by atoms with Gasteiger partial charge in [0.15, 0.2) is 6.61 Å². The molecule has 0 aliphatic carbocycles. The summed E-state index contributed by atoms with van der Waals surface area (Å²) < 4.78 is 3.26. The smallest absolute Gasteiger partial charge is 0.172 e. The molecule has 144 valence electrons. The van der Waals surface area contributed by atoms with Gasteiger partial charge in [0.1, 0.15) is 13.7 Å². The van der Waals surface area contributed by atoms with E-state index in [2.05, 4.69) is 48.7 Å². The molecule has 0 heterocycles. The fourth-order valence-corrected chi connectivity index (χ4v) is 3.47. The highest BCUT2D eigenvalue weighted by Gasteiger charge is 2.04. The van der Waals surface area contributed by atoms with E-state index in [1.165, 1.54) is 95.5 Å². The van der Waals surface area contributed by atoms with E-state index < -0.39 is 0 Å². The molecule has 0 unspecified atom stereocenters. The third kappa shape index (κ3) is 14.1. The van der Waals surface area contributed by atoms with Crippen LogP contribution in [0.25, 0.3) is 0 Å². The van der Waals surface area contributed by atoms with Crippen LogP contribution in [0.4, 0.5) is 0 Å². The molecule has 0 fully saturated rings. The Morgan fingerprint density at radius 3 is 1.52 bits per heavy atom. The van der Waals surface area contributed by atoms with Crippen LogP contribution in [0, 0.1) is 0 Å². The van der Waals surface area contributed by atoms with E-state index in [1.54, 1.807) is 0 Å². The quantitative estimate of drug-likeness (QED) is 0.199. The topological polar surface area (TPSA) is 2.70 Å². The Hall–Kier alpha value is -0.820. The van der Waals surface area contributed by atoms with Gasteiger partial charge in [0.2, 0.25) is 0 Å². The first kappa shape index (κ1) is 22.2. The average Bonchev–Trinajstić information content (AvgIpc) is 2.63. The molecule has 25 heavy (non-hydrogen) atoms. The summed E-state index contributed by atoms with van der Waals surface area (Å²) in [4.78, 5) is 0. The molecule has 1 aromatic rings. The Balaban J connectivity index is 1.78. The minimum Gasteiger partial charge on any atom is -0.421 e. The first-order valence-electron chi connectivity index (χ1n) is 11.0. The van der Waals surface area contributed by atoms with Crippen molar-refractivity contribution < 1.29 is 4.37 Å². The Bertz CT molecular complexity index is 373. The van der Waals surface area contributed by atoms with Gasteiger partial charge in [0, 0.05) is 12.0 Å². The maximum absolute atomic E-state index is 3.26. The summed E-state index contributed by atoms with van der Waals surface area (Å²) in [5.74, 6) is 0. The summed E-state index contributed by atoms with van der Waals surface area (Å²) in [6, 6.07) is 10.7. The third-order valence-corrected chi connectivity index (χ3v) is 5.10. The van der Waals surface area contributed by atoms with Crippen LogP contribution >= 0.6 is 0 Å². The molecule has 0 aliphatic heterocycles. The van der Waals surface area contributed by atoms with Gasteiger partial charge < -0.3 is 4.37 Å². The molecule has 0 saturated heterocycles. The lowest BCUT2D eigenvalue weighted by molar-refractivity contribution is -0.115. The van der Waals surface area contributed by atoms with Crippen LogP contribution in [0.1, 0.15) is 102 Å². The highest BCUT2D eigenvalue weighted by Crippen LogP contribution is 2.13. The van der Waals surface area contributed by atoms with Crippen molar-refractivity contribution in [3.63, 3.8) is 0 Å². The standard InChI is InChI=1S/C24H43O/c1-3-4-5-6-7-8-9-10-11-12-13-14-15-19-22-25(2)23-24-20-17-16-18-21-24/h16-18,20-21H,3-15,19,22-23H2,1-2H3/q+1. The molecular weight excluding hydrogens is 304 g/mol. The van der Waals surface area contributed by atoms with Gasteiger partial charge in [-0.1, -0.05) is 114 Å². The first-order chi connectivity index (χ1) is 12.3. The van der Waals surface area contributed by atoms with E-state index in [0.29, 0.717) is 0 Å². The van der Waals surface area contributed by atoms with E-state index in [4.69, 9.17) is 0 Å². The van der Waals surface area contributed by atoms with Gasteiger partial charge in [-0.25, -0.2) is 0 Å². The average molecular weight is 348 g/mol. The van der Waals surface area contributed by atoms with Crippen LogP contribution in [-0.2, 0) is 11.0 Å². The van der Waals surface area contributed by atoms with E-state index in [9.17, 15) is 0 Å². The van der Waals surface area contributed by atoms with E-state index in [0.717, 1.165) is 13.2 Å². The zero-order valence-electron chi connectivity index (χ0n) is 17.1. The van der Waals surface area contributed by atoms with E-state index >= 15 is 0 Å². The van der Waals surface area contributed by atoms with Crippen LogP contribution in [-0.4, -0.2) is 13.7 Å². The molecular formula is C24H43O+. The maximum Gasteiger partial charge on any atom is 0.172 e. The van der Waals surface area contributed by atoms with Crippen LogP contribution in [0.3, 0.4) is 0 Å².